The summed E-state index contributed by atoms with van der Waals surface area (Å²) in [6, 6.07) is 8.36. The summed E-state index contributed by atoms with van der Waals surface area (Å²) < 4.78 is 39.5. The van der Waals surface area contributed by atoms with Crippen LogP contribution < -0.4 is 14.8 Å². The van der Waals surface area contributed by atoms with Gasteiger partial charge in [0.15, 0.2) is 5.82 Å². The van der Waals surface area contributed by atoms with Crippen LogP contribution >= 0.6 is 0 Å². The minimum absolute atomic E-state index is 0.0666. The first-order valence-corrected chi connectivity index (χ1v) is 9.77. The predicted octanol–water partition coefficient (Wildman–Crippen LogP) is 4.20. The molecule has 1 heterocycles. The van der Waals surface area contributed by atoms with Gasteiger partial charge >= 0.3 is 0 Å². The van der Waals surface area contributed by atoms with Crippen molar-refractivity contribution in [1.82, 2.24) is 15.1 Å². The minimum Gasteiger partial charge on any atom is -0.497 e. The van der Waals surface area contributed by atoms with Gasteiger partial charge in [0.1, 0.15) is 23.0 Å². The van der Waals surface area contributed by atoms with E-state index in [1.165, 1.54) is 16.8 Å². The number of amides is 1. The van der Waals surface area contributed by atoms with Crippen molar-refractivity contribution in [3.8, 4) is 17.2 Å². The number of aromatic nitrogens is 2. The molecule has 0 aliphatic rings. The maximum atomic E-state index is 14.2. The van der Waals surface area contributed by atoms with E-state index >= 15 is 0 Å². The molecule has 0 saturated heterocycles. The van der Waals surface area contributed by atoms with E-state index < -0.39 is 11.6 Å². The molecule has 8 heteroatoms. The van der Waals surface area contributed by atoms with E-state index in [4.69, 9.17) is 9.47 Å². The SMILES string of the molecule is COc1ccc(OC)c([C@H](C)NC(=O)Cc2c(C)nn(-c3ccc(F)cc3F)c2C)c1. The molecule has 1 amide bonds. The molecule has 2 aromatic carbocycles. The number of benzene rings is 2. The Morgan fingerprint density at radius 3 is 2.52 bits per heavy atom. The third kappa shape index (κ3) is 4.68. The topological polar surface area (TPSA) is 65.4 Å². The number of hydrogen-bond donors (Lipinski definition) is 1. The van der Waals surface area contributed by atoms with Gasteiger partial charge in [0.2, 0.25) is 5.91 Å². The van der Waals surface area contributed by atoms with E-state index in [1.807, 2.05) is 13.0 Å². The number of carbonyl (C=O) groups excluding carboxylic acids is 1. The molecule has 1 atom stereocenters. The Bertz CT molecular complexity index is 1110. The number of halogens is 2. The molecule has 3 aromatic rings. The smallest absolute Gasteiger partial charge is 0.225 e. The Kier molecular flexibility index (Phi) is 6.58. The molecule has 0 radical (unpaired) electrons. The highest BCUT2D eigenvalue weighted by atomic mass is 19.1. The van der Waals surface area contributed by atoms with Crippen molar-refractivity contribution in [1.29, 1.82) is 0 Å². The van der Waals surface area contributed by atoms with Crippen molar-refractivity contribution in [3.63, 3.8) is 0 Å². The number of ether oxygens (including phenoxy) is 2. The van der Waals surface area contributed by atoms with Crippen LogP contribution in [0.4, 0.5) is 8.78 Å². The Morgan fingerprint density at radius 2 is 1.87 bits per heavy atom. The van der Waals surface area contributed by atoms with Gasteiger partial charge in [-0.05, 0) is 51.1 Å². The lowest BCUT2D eigenvalue weighted by Crippen LogP contribution is -2.28. The summed E-state index contributed by atoms with van der Waals surface area (Å²) in [5, 5.41) is 7.31. The van der Waals surface area contributed by atoms with E-state index in [0.29, 0.717) is 28.5 Å². The lowest BCUT2D eigenvalue weighted by atomic mass is 10.1. The number of methoxy groups -OCH3 is 2. The lowest BCUT2D eigenvalue weighted by molar-refractivity contribution is -0.121. The number of nitrogens with zero attached hydrogens (tertiary/aromatic N) is 2. The molecule has 0 bridgehead atoms. The first-order valence-electron chi connectivity index (χ1n) is 9.77. The Labute approximate surface area is 179 Å². The molecule has 0 unspecified atom stereocenters. The predicted molar refractivity (Wildman–Crippen MR) is 113 cm³/mol. The normalized spacial score (nSPS) is 11.8. The van der Waals surface area contributed by atoms with Crippen LogP contribution in [0.15, 0.2) is 36.4 Å². The summed E-state index contributed by atoms with van der Waals surface area (Å²) >= 11 is 0. The molecule has 6 nitrogen and oxygen atoms in total. The summed E-state index contributed by atoms with van der Waals surface area (Å²) in [5.74, 6) is -0.306. The summed E-state index contributed by atoms with van der Waals surface area (Å²) in [5.41, 5.74) is 2.81. The monoisotopic (exact) mass is 429 g/mol. The number of carbonyl (C=O) groups is 1. The quantitative estimate of drug-likeness (QED) is 0.611. The van der Waals surface area contributed by atoms with E-state index in [0.717, 1.165) is 11.6 Å². The number of hydrogen-bond acceptors (Lipinski definition) is 4. The van der Waals surface area contributed by atoms with Crippen LogP contribution in [-0.4, -0.2) is 29.9 Å². The fourth-order valence-electron chi connectivity index (χ4n) is 3.53. The van der Waals surface area contributed by atoms with Crippen molar-refractivity contribution in [2.45, 2.75) is 33.2 Å². The van der Waals surface area contributed by atoms with Crippen LogP contribution in [0.5, 0.6) is 11.5 Å². The molecule has 1 N–H and O–H groups in total. The fraction of sp³-hybridized carbons (Fsp3) is 0.304. The van der Waals surface area contributed by atoms with Gasteiger partial charge in [-0.1, -0.05) is 0 Å². The third-order valence-electron chi connectivity index (χ3n) is 5.20. The van der Waals surface area contributed by atoms with Crippen LogP contribution in [0.1, 0.15) is 35.5 Å². The van der Waals surface area contributed by atoms with E-state index in [-0.39, 0.29) is 24.1 Å². The number of aryl methyl sites for hydroxylation is 1. The molecule has 0 spiro atoms. The second-order valence-corrected chi connectivity index (χ2v) is 7.23. The highest BCUT2D eigenvalue weighted by molar-refractivity contribution is 5.79. The zero-order valence-electron chi connectivity index (χ0n) is 18.1. The average molecular weight is 429 g/mol. The van der Waals surface area contributed by atoms with Gasteiger partial charge in [0.25, 0.3) is 0 Å². The van der Waals surface area contributed by atoms with Crippen LogP contribution in [0.2, 0.25) is 0 Å². The average Bonchev–Trinajstić information content (AvgIpc) is 3.01. The van der Waals surface area contributed by atoms with Crippen molar-refractivity contribution in [3.05, 3.63) is 70.5 Å². The van der Waals surface area contributed by atoms with Crippen LogP contribution in [0.3, 0.4) is 0 Å². The maximum absolute atomic E-state index is 14.2. The van der Waals surface area contributed by atoms with Crippen molar-refractivity contribution >= 4 is 5.91 Å². The summed E-state index contributed by atoms with van der Waals surface area (Å²) in [7, 11) is 3.14. The zero-order valence-corrected chi connectivity index (χ0v) is 18.1. The first-order chi connectivity index (χ1) is 14.7. The highest BCUT2D eigenvalue weighted by Crippen LogP contribution is 2.29. The second-order valence-electron chi connectivity index (χ2n) is 7.23. The largest absolute Gasteiger partial charge is 0.497 e. The minimum atomic E-state index is -0.722. The Hall–Kier alpha value is -3.42. The van der Waals surface area contributed by atoms with Crippen molar-refractivity contribution in [2.75, 3.05) is 14.2 Å². The molecule has 3 rings (SSSR count). The molecule has 31 heavy (non-hydrogen) atoms. The Balaban J connectivity index is 1.81. The van der Waals surface area contributed by atoms with E-state index in [2.05, 4.69) is 10.4 Å². The van der Waals surface area contributed by atoms with E-state index in [9.17, 15) is 13.6 Å². The van der Waals surface area contributed by atoms with Gasteiger partial charge in [-0.2, -0.15) is 5.10 Å². The van der Waals surface area contributed by atoms with Gasteiger partial charge in [-0.25, -0.2) is 13.5 Å². The lowest BCUT2D eigenvalue weighted by Gasteiger charge is -2.18. The maximum Gasteiger partial charge on any atom is 0.225 e. The van der Waals surface area contributed by atoms with Gasteiger partial charge in [0, 0.05) is 22.9 Å². The first kappa shape index (κ1) is 22.3. The third-order valence-corrected chi connectivity index (χ3v) is 5.20. The van der Waals surface area contributed by atoms with Gasteiger partial charge in [-0.3, -0.25) is 4.79 Å². The molecule has 0 aliphatic carbocycles. The molecular formula is C23H25F2N3O3. The fourth-order valence-corrected chi connectivity index (χ4v) is 3.53. The summed E-state index contributed by atoms with van der Waals surface area (Å²) in [6.45, 7) is 5.36. The van der Waals surface area contributed by atoms with Crippen LogP contribution in [0, 0.1) is 25.5 Å². The highest BCUT2D eigenvalue weighted by Gasteiger charge is 2.20. The second kappa shape index (κ2) is 9.16. The molecular weight excluding hydrogens is 404 g/mol. The number of rotatable bonds is 7. The molecule has 164 valence electrons. The van der Waals surface area contributed by atoms with Gasteiger partial charge < -0.3 is 14.8 Å². The molecule has 0 aliphatic heterocycles. The summed E-state index contributed by atoms with van der Waals surface area (Å²) in [6.07, 6.45) is 0.0666. The van der Waals surface area contributed by atoms with Gasteiger partial charge in [0.05, 0.1) is 32.4 Å². The molecule has 0 saturated carbocycles. The van der Waals surface area contributed by atoms with E-state index in [1.54, 1.807) is 40.2 Å². The molecule has 1 aromatic heterocycles. The van der Waals surface area contributed by atoms with Crippen LogP contribution in [0.25, 0.3) is 5.69 Å². The standard InChI is InChI=1S/C23H25F2N3O3/c1-13(19-11-17(30-4)7-9-22(19)31-5)26-23(29)12-18-14(2)27-28(15(18)3)21-8-6-16(24)10-20(21)25/h6-11,13H,12H2,1-5H3,(H,26,29)/t13-/m0/s1. The van der Waals surface area contributed by atoms with Gasteiger partial charge in [-0.15, -0.1) is 0 Å². The number of nitrogens with one attached hydrogen (secondary N) is 1. The molecule has 0 fully saturated rings. The summed E-state index contributed by atoms with van der Waals surface area (Å²) in [4.78, 5) is 12.8. The van der Waals surface area contributed by atoms with Crippen molar-refractivity contribution < 1.29 is 23.0 Å². The van der Waals surface area contributed by atoms with Crippen LogP contribution in [-0.2, 0) is 11.2 Å². The van der Waals surface area contributed by atoms with Crippen molar-refractivity contribution in [2.24, 2.45) is 0 Å². The zero-order chi connectivity index (χ0) is 22.7. The Morgan fingerprint density at radius 1 is 1.13 bits per heavy atom.